The van der Waals surface area contributed by atoms with E-state index in [9.17, 15) is 0 Å². The van der Waals surface area contributed by atoms with Crippen molar-refractivity contribution in [3.05, 3.63) is 24.1 Å². The second-order valence-electron chi connectivity index (χ2n) is 4.77. The highest BCUT2D eigenvalue weighted by molar-refractivity contribution is 5.69. The summed E-state index contributed by atoms with van der Waals surface area (Å²) < 4.78 is 16.0. The molecule has 1 aromatic heterocycles. The molecule has 0 aliphatic carbocycles. The van der Waals surface area contributed by atoms with Crippen LogP contribution in [0, 0.1) is 5.92 Å². The van der Waals surface area contributed by atoms with Gasteiger partial charge in [0.2, 0.25) is 18.5 Å². The molecule has 1 aromatic carbocycles. The summed E-state index contributed by atoms with van der Waals surface area (Å²) >= 11 is 0. The van der Waals surface area contributed by atoms with Crippen molar-refractivity contribution in [3.63, 3.8) is 0 Å². The van der Waals surface area contributed by atoms with Gasteiger partial charge in [-0.3, -0.25) is 0 Å². The second kappa shape index (κ2) is 4.55. The Labute approximate surface area is 110 Å². The number of ether oxygens (including phenoxy) is 2. The Kier molecular flexibility index (Phi) is 2.87. The van der Waals surface area contributed by atoms with Crippen molar-refractivity contribution in [1.82, 2.24) is 10.1 Å². The van der Waals surface area contributed by atoms with Gasteiger partial charge >= 0.3 is 0 Å². The third kappa shape index (κ3) is 2.04. The van der Waals surface area contributed by atoms with Crippen LogP contribution in [0.2, 0.25) is 0 Å². The summed E-state index contributed by atoms with van der Waals surface area (Å²) in [6.45, 7) is 4.22. The summed E-state index contributed by atoms with van der Waals surface area (Å²) in [7, 11) is 0. The Hall–Kier alpha value is -2.08. The molecule has 0 unspecified atom stereocenters. The molecule has 2 heterocycles. The number of hydrogen-bond donors (Lipinski definition) is 1. The smallest absolute Gasteiger partial charge is 0.244 e. The van der Waals surface area contributed by atoms with Crippen LogP contribution in [0.25, 0.3) is 11.4 Å². The van der Waals surface area contributed by atoms with Gasteiger partial charge in [0.15, 0.2) is 11.5 Å². The normalized spacial score (nSPS) is 14.9. The number of hydrogen-bond acceptors (Lipinski definition) is 6. The van der Waals surface area contributed by atoms with E-state index in [1.807, 2.05) is 32.0 Å². The maximum Gasteiger partial charge on any atom is 0.244 e. The topological polar surface area (TPSA) is 83.4 Å². The van der Waals surface area contributed by atoms with Gasteiger partial charge in [0.1, 0.15) is 0 Å². The summed E-state index contributed by atoms with van der Waals surface area (Å²) in [5, 5.41) is 3.97. The molecule has 0 fully saturated rings. The van der Waals surface area contributed by atoms with Crippen LogP contribution < -0.4 is 15.2 Å². The van der Waals surface area contributed by atoms with Crippen LogP contribution in [0.1, 0.15) is 25.8 Å². The lowest BCUT2D eigenvalue weighted by Gasteiger charge is -2.09. The number of para-hydroxylation sites is 1. The lowest BCUT2D eigenvalue weighted by atomic mass is 10.1. The van der Waals surface area contributed by atoms with Crippen LogP contribution in [0.3, 0.4) is 0 Å². The van der Waals surface area contributed by atoms with E-state index >= 15 is 0 Å². The van der Waals surface area contributed by atoms with Crippen molar-refractivity contribution < 1.29 is 14.0 Å². The van der Waals surface area contributed by atoms with E-state index in [-0.39, 0.29) is 18.8 Å². The number of nitrogens with two attached hydrogens (primary N) is 1. The number of fused-ring (bicyclic) bond motifs is 1. The summed E-state index contributed by atoms with van der Waals surface area (Å²) in [5.74, 6) is 2.47. The molecule has 0 amide bonds. The highest BCUT2D eigenvalue weighted by Gasteiger charge is 2.23. The zero-order valence-electron chi connectivity index (χ0n) is 10.8. The molecular weight excluding hydrogens is 246 g/mol. The van der Waals surface area contributed by atoms with Crippen molar-refractivity contribution >= 4 is 0 Å². The molecule has 0 bridgehead atoms. The molecule has 19 heavy (non-hydrogen) atoms. The van der Waals surface area contributed by atoms with Crippen LogP contribution in [-0.2, 0) is 0 Å². The maximum absolute atomic E-state index is 5.99. The molecule has 1 aliphatic heterocycles. The zero-order valence-corrected chi connectivity index (χ0v) is 10.8. The SMILES string of the molecule is CC(C)[C@H](N)c1nc(-c2cccc3c2OCO3)no1. The molecule has 1 atom stereocenters. The van der Waals surface area contributed by atoms with E-state index in [0.717, 1.165) is 5.56 Å². The predicted molar refractivity (Wildman–Crippen MR) is 67.6 cm³/mol. The first-order valence-corrected chi connectivity index (χ1v) is 6.15. The first-order chi connectivity index (χ1) is 9.16. The van der Waals surface area contributed by atoms with Gasteiger partial charge in [-0.15, -0.1) is 0 Å². The van der Waals surface area contributed by atoms with E-state index in [4.69, 9.17) is 19.7 Å². The maximum atomic E-state index is 5.99. The van der Waals surface area contributed by atoms with E-state index < -0.39 is 0 Å². The summed E-state index contributed by atoms with van der Waals surface area (Å²) in [6.07, 6.45) is 0. The largest absolute Gasteiger partial charge is 0.454 e. The fourth-order valence-electron chi connectivity index (χ4n) is 1.87. The molecule has 0 saturated heterocycles. The van der Waals surface area contributed by atoms with E-state index in [2.05, 4.69) is 10.1 Å². The third-order valence-electron chi connectivity index (χ3n) is 3.08. The van der Waals surface area contributed by atoms with Crippen molar-refractivity contribution in [3.8, 4) is 22.9 Å². The molecule has 6 heteroatoms. The molecule has 3 rings (SSSR count). The van der Waals surface area contributed by atoms with Gasteiger partial charge in [-0.1, -0.05) is 25.1 Å². The first kappa shape index (κ1) is 12.0. The molecule has 0 spiro atoms. The van der Waals surface area contributed by atoms with E-state index in [1.165, 1.54) is 0 Å². The molecular formula is C13H15N3O3. The quantitative estimate of drug-likeness (QED) is 0.911. The number of rotatable bonds is 3. The fourth-order valence-corrected chi connectivity index (χ4v) is 1.87. The lowest BCUT2D eigenvalue weighted by Crippen LogP contribution is -2.16. The van der Waals surface area contributed by atoms with Crippen LogP contribution in [0.4, 0.5) is 0 Å². The predicted octanol–water partition coefficient (Wildman–Crippen LogP) is 2.12. The highest BCUT2D eigenvalue weighted by Crippen LogP contribution is 2.40. The summed E-state index contributed by atoms with van der Waals surface area (Å²) in [6, 6.07) is 5.30. The number of aromatic nitrogens is 2. The average molecular weight is 261 g/mol. The van der Waals surface area contributed by atoms with Crippen molar-refractivity contribution in [2.75, 3.05) is 6.79 Å². The molecule has 1 aliphatic rings. The van der Waals surface area contributed by atoms with Gasteiger partial charge in [0.25, 0.3) is 0 Å². The zero-order chi connectivity index (χ0) is 13.4. The Morgan fingerprint density at radius 1 is 1.26 bits per heavy atom. The Morgan fingerprint density at radius 3 is 2.89 bits per heavy atom. The van der Waals surface area contributed by atoms with E-state index in [0.29, 0.717) is 23.2 Å². The van der Waals surface area contributed by atoms with Gasteiger partial charge < -0.3 is 19.7 Å². The lowest BCUT2D eigenvalue weighted by molar-refractivity contribution is 0.174. The van der Waals surface area contributed by atoms with Crippen LogP contribution >= 0.6 is 0 Å². The van der Waals surface area contributed by atoms with Crippen LogP contribution in [-0.4, -0.2) is 16.9 Å². The molecule has 2 aromatic rings. The first-order valence-electron chi connectivity index (χ1n) is 6.15. The highest BCUT2D eigenvalue weighted by atomic mass is 16.7. The third-order valence-corrected chi connectivity index (χ3v) is 3.08. The second-order valence-corrected chi connectivity index (χ2v) is 4.77. The van der Waals surface area contributed by atoms with E-state index in [1.54, 1.807) is 0 Å². The van der Waals surface area contributed by atoms with Crippen LogP contribution in [0.5, 0.6) is 11.5 Å². The van der Waals surface area contributed by atoms with Crippen LogP contribution in [0.15, 0.2) is 22.7 Å². The van der Waals surface area contributed by atoms with Gasteiger partial charge in [-0.25, -0.2) is 0 Å². The fraction of sp³-hybridized carbons (Fsp3) is 0.385. The minimum absolute atomic E-state index is 0.211. The van der Waals surface area contributed by atoms with Gasteiger partial charge in [-0.2, -0.15) is 4.98 Å². The van der Waals surface area contributed by atoms with Crippen molar-refractivity contribution in [2.24, 2.45) is 11.7 Å². The summed E-state index contributed by atoms with van der Waals surface area (Å²) in [4.78, 5) is 4.34. The van der Waals surface area contributed by atoms with Crippen molar-refractivity contribution in [1.29, 1.82) is 0 Å². The minimum Gasteiger partial charge on any atom is -0.454 e. The number of benzene rings is 1. The average Bonchev–Trinajstić information content (AvgIpc) is 3.06. The molecule has 2 N–H and O–H groups in total. The Balaban J connectivity index is 1.98. The molecule has 0 radical (unpaired) electrons. The van der Waals surface area contributed by atoms with Gasteiger partial charge in [-0.05, 0) is 18.1 Å². The Bertz CT molecular complexity index is 595. The minimum atomic E-state index is -0.268. The summed E-state index contributed by atoms with van der Waals surface area (Å²) in [5.41, 5.74) is 6.74. The van der Waals surface area contributed by atoms with Crippen molar-refractivity contribution in [2.45, 2.75) is 19.9 Å². The van der Waals surface area contributed by atoms with Gasteiger partial charge in [0, 0.05) is 0 Å². The molecule has 6 nitrogen and oxygen atoms in total. The monoisotopic (exact) mass is 261 g/mol. The van der Waals surface area contributed by atoms with Gasteiger partial charge in [0.05, 0.1) is 11.6 Å². The standard InChI is InChI=1S/C13H15N3O3/c1-7(2)10(14)13-15-12(16-19-13)8-4-3-5-9-11(8)18-6-17-9/h3-5,7,10H,6,14H2,1-2H3/t10-/m0/s1. The number of nitrogens with zero attached hydrogens (tertiary/aromatic N) is 2. The molecule has 0 saturated carbocycles. The molecule has 100 valence electrons. The Morgan fingerprint density at radius 2 is 2.11 bits per heavy atom.